The molecule has 176 valence electrons. The highest BCUT2D eigenvalue weighted by atomic mass is 16.5. The van der Waals surface area contributed by atoms with E-state index >= 15 is 0 Å². The topological polar surface area (TPSA) is 72.6 Å². The van der Waals surface area contributed by atoms with Gasteiger partial charge < -0.3 is 10.5 Å². The molecule has 5 nitrogen and oxygen atoms in total. The molecule has 0 aliphatic carbocycles. The first-order valence-corrected chi connectivity index (χ1v) is 11.9. The molecule has 0 unspecified atom stereocenters. The van der Waals surface area contributed by atoms with Crippen molar-refractivity contribution >= 4 is 34.0 Å². The Kier molecular flexibility index (Phi) is 5.56. The van der Waals surface area contributed by atoms with Gasteiger partial charge in [0.05, 0.1) is 11.4 Å². The molecule has 0 aromatic heterocycles. The van der Waals surface area contributed by atoms with Gasteiger partial charge in [0, 0.05) is 21.9 Å². The molecule has 2 N–H and O–H groups in total. The number of imide groups is 1. The van der Waals surface area contributed by atoms with E-state index < -0.39 is 0 Å². The summed E-state index contributed by atoms with van der Waals surface area (Å²) in [7, 11) is 0. The molecular formula is C30H28N2O3. The lowest BCUT2D eigenvalue weighted by Gasteiger charge is -2.32. The number of amides is 2. The Labute approximate surface area is 205 Å². The summed E-state index contributed by atoms with van der Waals surface area (Å²) in [5.41, 5.74) is 10.2. The van der Waals surface area contributed by atoms with E-state index in [0.717, 1.165) is 11.1 Å². The van der Waals surface area contributed by atoms with Crippen molar-refractivity contribution < 1.29 is 14.3 Å². The van der Waals surface area contributed by atoms with Crippen LogP contribution in [0.2, 0.25) is 0 Å². The highest BCUT2D eigenvalue weighted by Crippen LogP contribution is 2.42. The highest BCUT2D eigenvalue weighted by Gasteiger charge is 2.37. The smallest absolute Gasteiger partial charge is 0.266 e. The van der Waals surface area contributed by atoms with Crippen LogP contribution in [0, 0.1) is 0 Å². The fraction of sp³-hybridized carbons (Fsp3) is 0.200. The zero-order valence-corrected chi connectivity index (χ0v) is 20.3. The molecule has 0 saturated heterocycles. The van der Waals surface area contributed by atoms with Gasteiger partial charge in [-0.2, -0.15) is 0 Å². The number of benzene rings is 4. The number of para-hydroxylation sites is 3. The van der Waals surface area contributed by atoms with E-state index in [0.29, 0.717) is 44.8 Å². The van der Waals surface area contributed by atoms with Crippen molar-refractivity contribution in [3.8, 4) is 11.5 Å². The third-order valence-electron chi connectivity index (χ3n) is 6.57. The van der Waals surface area contributed by atoms with Gasteiger partial charge in [0.15, 0.2) is 0 Å². The lowest BCUT2D eigenvalue weighted by atomic mass is 9.88. The summed E-state index contributed by atoms with van der Waals surface area (Å²) in [6.07, 6.45) is 0. The summed E-state index contributed by atoms with van der Waals surface area (Å²) in [5, 5.41) is 1.31. The number of hydrogen-bond donors (Lipinski definition) is 1. The predicted octanol–water partition coefficient (Wildman–Crippen LogP) is 7.26. The van der Waals surface area contributed by atoms with E-state index in [1.807, 2.05) is 42.5 Å². The van der Waals surface area contributed by atoms with Crippen molar-refractivity contribution in [3.05, 3.63) is 95.1 Å². The first-order valence-electron chi connectivity index (χ1n) is 11.9. The Morgan fingerprint density at radius 1 is 0.686 bits per heavy atom. The maximum Gasteiger partial charge on any atom is 0.266 e. The van der Waals surface area contributed by atoms with Gasteiger partial charge in [0.25, 0.3) is 11.8 Å². The van der Waals surface area contributed by atoms with Gasteiger partial charge in [-0.25, -0.2) is 4.90 Å². The molecule has 35 heavy (non-hydrogen) atoms. The van der Waals surface area contributed by atoms with Crippen LogP contribution in [0.25, 0.3) is 10.8 Å². The van der Waals surface area contributed by atoms with Crippen LogP contribution in [-0.4, -0.2) is 11.8 Å². The molecule has 1 aliphatic heterocycles. The van der Waals surface area contributed by atoms with Gasteiger partial charge in [-0.1, -0.05) is 70.2 Å². The van der Waals surface area contributed by atoms with Gasteiger partial charge in [0.2, 0.25) is 0 Å². The summed E-state index contributed by atoms with van der Waals surface area (Å²) < 4.78 is 6.12. The normalized spacial score (nSPS) is 13.3. The summed E-state index contributed by atoms with van der Waals surface area (Å²) >= 11 is 0. The zero-order valence-electron chi connectivity index (χ0n) is 20.3. The molecule has 0 spiro atoms. The SMILES string of the molecule is CC(C)c1cccc(C(C)C)c1N1C(=O)c2cccc3c(Oc4ccccc4N)ccc(c23)C1=O. The predicted molar refractivity (Wildman–Crippen MR) is 141 cm³/mol. The summed E-state index contributed by atoms with van der Waals surface area (Å²) in [5.74, 6) is 0.722. The summed E-state index contributed by atoms with van der Waals surface area (Å²) in [4.78, 5) is 29.2. The molecule has 0 bridgehead atoms. The number of carbonyl (C=O) groups excluding carboxylic acids is 2. The van der Waals surface area contributed by atoms with Crippen LogP contribution in [-0.2, 0) is 0 Å². The Balaban J connectivity index is 1.70. The largest absolute Gasteiger partial charge is 0.455 e. The maximum atomic E-state index is 13.9. The van der Waals surface area contributed by atoms with E-state index in [1.54, 1.807) is 30.3 Å². The fourth-order valence-electron chi connectivity index (χ4n) is 4.82. The molecule has 1 aliphatic rings. The molecule has 2 amide bonds. The summed E-state index contributed by atoms with van der Waals surface area (Å²) in [6.45, 7) is 8.32. The van der Waals surface area contributed by atoms with E-state index in [1.165, 1.54) is 4.90 Å². The van der Waals surface area contributed by atoms with Crippen molar-refractivity contribution in [1.29, 1.82) is 0 Å². The number of anilines is 2. The van der Waals surface area contributed by atoms with Crippen LogP contribution in [0.1, 0.15) is 71.4 Å². The number of nitrogens with zero attached hydrogens (tertiary/aromatic N) is 1. The molecule has 1 heterocycles. The molecule has 0 fully saturated rings. The quantitative estimate of drug-likeness (QED) is 0.249. The van der Waals surface area contributed by atoms with Crippen LogP contribution in [0.3, 0.4) is 0 Å². The van der Waals surface area contributed by atoms with Crippen molar-refractivity contribution in [2.75, 3.05) is 10.6 Å². The van der Waals surface area contributed by atoms with E-state index in [4.69, 9.17) is 10.5 Å². The van der Waals surface area contributed by atoms with Gasteiger partial charge in [-0.15, -0.1) is 0 Å². The third-order valence-corrected chi connectivity index (χ3v) is 6.57. The first kappa shape index (κ1) is 22.7. The zero-order chi connectivity index (χ0) is 24.9. The van der Waals surface area contributed by atoms with Crippen LogP contribution in [0.4, 0.5) is 11.4 Å². The van der Waals surface area contributed by atoms with Gasteiger partial charge in [-0.3, -0.25) is 9.59 Å². The second-order valence-electron chi connectivity index (χ2n) is 9.52. The average Bonchev–Trinajstić information content (AvgIpc) is 2.84. The monoisotopic (exact) mass is 464 g/mol. The lowest BCUT2D eigenvalue weighted by molar-refractivity contribution is 0.0893. The molecule has 5 rings (SSSR count). The minimum atomic E-state index is -0.320. The molecule has 5 heteroatoms. The lowest BCUT2D eigenvalue weighted by Crippen LogP contribution is -2.41. The number of nitrogen functional groups attached to an aromatic ring is 1. The maximum absolute atomic E-state index is 13.9. The Morgan fingerprint density at radius 2 is 1.29 bits per heavy atom. The van der Waals surface area contributed by atoms with Crippen LogP contribution < -0.4 is 15.4 Å². The van der Waals surface area contributed by atoms with Gasteiger partial charge in [-0.05, 0) is 53.3 Å². The standard InChI is InChI=1S/C30H28N2O3/c1-17(2)19-9-7-10-20(18(3)4)28(19)32-29(33)22-12-8-11-21-25(16-15-23(27(21)22)30(32)34)35-26-14-6-5-13-24(26)31/h5-18H,31H2,1-4H3. The van der Waals surface area contributed by atoms with E-state index in [-0.39, 0.29) is 23.7 Å². The fourth-order valence-corrected chi connectivity index (χ4v) is 4.82. The minimum Gasteiger partial charge on any atom is -0.455 e. The highest BCUT2D eigenvalue weighted by molar-refractivity contribution is 6.36. The second kappa shape index (κ2) is 8.58. The molecule has 0 atom stereocenters. The van der Waals surface area contributed by atoms with E-state index in [2.05, 4.69) is 27.7 Å². The molecule has 0 saturated carbocycles. The summed E-state index contributed by atoms with van der Waals surface area (Å²) in [6, 6.07) is 22.2. The third kappa shape index (κ3) is 3.64. The average molecular weight is 465 g/mol. The molecule has 4 aromatic carbocycles. The van der Waals surface area contributed by atoms with Crippen molar-refractivity contribution in [2.24, 2.45) is 0 Å². The number of carbonyl (C=O) groups is 2. The van der Waals surface area contributed by atoms with Crippen LogP contribution in [0.5, 0.6) is 11.5 Å². The van der Waals surface area contributed by atoms with Crippen molar-refractivity contribution in [1.82, 2.24) is 0 Å². The number of hydrogen-bond acceptors (Lipinski definition) is 4. The Hall–Kier alpha value is -4.12. The van der Waals surface area contributed by atoms with Crippen LogP contribution >= 0.6 is 0 Å². The Bertz CT molecular complexity index is 1440. The van der Waals surface area contributed by atoms with Gasteiger partial charge in [0.1, 0.15) is 11.5 Å². The van der Waals surface area contributed by atoms with Crippen molar-refractivity contribution in [3.63, 3.8) is 0 Å². The number of nitrogens with two attached hydrogens (primary N) is 1. The van der Waals surface area contributed by atoms with E-state index in [9.17, 15) is 9.59 Å². The van der Waals surface area contributed by atoms with Crippen LogP contribution in [0.15, 0.2) is 72.8 Å². The minimum absolute atomic E-state index is 0.147. The number of rotatable bonds is 5. The number of ether oxygens (including phenoxy) is 1. The molecular weight excluding hydrogens is 436 g/mol. The van der Waals surface area contributed by atoms with Gasteiger partial charge >= 0.3 is 0 Å². The Morgan fingerprint density at radius 3 is 1.91 bits per heavy atom. The molecule has 4 aromatic rings. The second-order valence-corrected chi connectivity index (χ2v) is 9.52. The molecule has 0 radical (unpaired) electrons. The van der Waals surface area contributed by atoms with Crippen molar-refractivity contribution in [2.45, 2.75) is 39.5 Å². The first-order chi connectivity index (χ1) is 16.8.